The van der Waals surface area contributed by atoms with Crippen LogP contribution in [0.4, 0.5) is 11.4 Å². The summed E-state index contributed by atoms with van der Waals surface area (Å²) >= 11 is 0. The molecule has 1 heterocycles. The molecule has 0 atom stereocenters. The van der Waals surface area contributed by atoms with Gasteiger partial charge in [-0.05, 0) is 38.0 Å². The fourth-order valence-corrected chi connectivity index (χ4v) is 3.96. The van der Waals surface area contributed by atoms with E-state index in [1.54, 1.807) is 25.2 Å². The molecule has 1 aliphatic rings. The lowest BCUT2D eigenvalue weighted by atomic mass is 9.93. The first-order valence-electron chi connectivity index (χ1n) is 7.57. The zero-order chi connectivity index (χ0) is 17.4. The van der Waals surface area contributed by atoms with Gasteiger partial charge in [0.25, 0.3) is 0 Å². The van der Waals surface area contributed by atoms with Gasteiger partial charge in [-0.2, -0.15) is 0 Å². The molecule has 7 heteroatoms. The molecule has 0 fully saturated rings. The van der Waals surface area contributed by atoms with E-state index in [0.717, 1.165) is 0 Å². The van der Waals surface area contributed by atoms with Crippen LogP contribution in [0.2, 0.25) is 0 Å². The molecule has 6 nitrogen and oxygen atoms in total. The summed E-state index contributed by atoms with van der Waals surface area (Å²) in [5.41, 5.74) is 0.350. The smallest absolute Gasteiger partial charge is 0.235 e. The highest BCUT2D eigenvalue weighted by molar-refractivity contribution is 7.92. The zero-order valence-electron chi connectivity index (χ0n) is 14.2. The number of anilines is 2. The maximum Gasteiger partial charge on any atom is 0.235 e. The predicted octanol–water partition coefficient (Wildman–Crippen LogP) is 2.47. The number of ether oxygens (including phenoxy) is 1. The number of fused-ring (bicyclic) bond motifs is 1. The molecule has 0 bridgehead atoms. The molecule has 0 aliphatic carbocycles. The SMILES string of the molecule is CC(C)CS(=O)(=O)Nc1ccc2c(c1)N(C)C(=O)C(C)(C)CO2. The van der Waals surface area contributed by atoms with Crippen molar-refractivity contribution in [1.29, 1.82) is 0 Å². The van der Waals surface area contributed by atoms with E-state index in [0.29, 0.717) is 17.1 Å². The number of carbonyl (C=O) groups is 1. The second-order valence-corrected chi connectivity index (χ2v) is 8.76. The topological polar surface area (TPSA) is 75.7 Å². The molecule has 23 heavy (non-hydrogen) atoms. The van der Waals surface area contributed by atoms with E-state index in [-0.39, 0.29) is 24.2 Å². The van der Waals surface area contributed by atoms with Crippen LogP contribution in [0, 0.1) is 11.3 Å². The Bertz CT molecular complexity index is 711. The van der Waals surface area contributed by atoms with Gasteiger partial charge in [0, 0.05) is 7.05 Å². The van der Waals surface area contributed by atoms with E-state index >= 15 is 0 Å². The zero-order valence-corrected chi connectivity index (χ0v) is 15.0. The van der Waals surface area contributed by atoms with E-state index in [1.807, 2.05) is 27.7 Å². The summed E-state index contributed by atoms with van der Waals surface area (Å²) < 4.78 is 32.4. The van der Waals surface area contributed by atoms with Crippen LogP contribution in [0.1, 0.15) is 27.7 Å². The molecule has 0 spiro atoms. The molecule has 1 aromatic rings. The van der Waals surface area contributed by atoms with Gasteiger partial charge < -0.3 is 9.64 Å². The summed E-state index contributed by atoms with van der Waals surface area (Å²) in [6.07, 6.45) is 0. The molecule has 0 aromatic heterocycles. The number of nitrogens with zero attached hydrogens (tertiary/aromatic N) is 1. The first-order chi connectivity index (χ1) is 10.5. The van der Waals surface area contributed by atoms with Gasteiger partial charge in [0.15, 0.2) is 0 Å². The molecule has 1 aromatic carbocycles. The Morgan fingerprint density at radius 3 is 2.61 bits per heavy atom. The summed E-state index contributed by atoms with van der Waals surface area (Å²) in [7, 11) is -1.75. The Morgan fingerprint density at radius 1 is 1.35 bits per heavy atom. The van der Waals surface area contributed by atoms with Crippen molar-refractivity contribution in [1.82, 2.24) is 0 Å². The molecule has 1 amide bonds. The minimum Gasteiger partial charge on any atom is -0.490 e. The van der Waals surface area contributed by atoms with Crippen molar-refractivity contribution >= 4 is 27.3 Å². The summed E-state index contributed by atoms with van der Waals surface area (Å²) in [4.78, 5) is 14.0. The van der Waals surface area contributed by atoms with Crippen LogP contribution in [-0.2, 0) is 14.8 Å². The monoisotopic (exact) mass is 340 g/mol. The van der Waals surface area contributed by atoms with Gasteiger partial charge in [-0.3, -0.25) is 9.52 Å². The first kappa shape index (κ1) is 17.6. The van der Waals surface area contributed by atoms with Crippen molar-refractivity contribution in [3.63, 3.8) is 0 Å². The molecule has 0 radical (unpaired) electrons. The predicted molar refractivity (Wildman–Crippen MR) is 91.4 cm³/mol. The van der Waals surface area contributed by atoms with Crippen molar-refractivity contribution in [2.24, 2.45) is 11.3 Å². The lowest BCUT2D eigenvalue weighted by molar-refractivity contribution is -0.127. The fraction of sp³-hybridized carbons (Fsp3) is 0.562. The fourth-order valence-electron chi connectivity index (χ4n) is 2.51. The number of rotatable bonds is 4. The average molecular weight is 340 g/mol. The minimum absolute atomic E-state index is 0.0294. The van der Waals surface area contributed by atoms with Crippen molar-refractivity contribution in [2.75, 3.05) is 29.0 Å². The van der Waals surface area contributed by atoms with Crippen LogP contribution in [0.5, 0.6) is 5.75 Å². The summed E-state index contributed by atoms with van der Waals surface area (Å²) in [5.74, 6) is 0.570. The molecule has 0 saturated carbocycles. The molecular weight excluding hydrogens is 316 g/mol. The molecule has 128 valence electrons. The third-order valence-electron chi connectivity index (χ3n) is 3.62. The lowest BCUT2D eigenvalue weighted by Gasteiger charge is -2.24. The highest BCUT2D eigenvalue weighted by Gasteiger charge is 2.36. The van der Waals surface area contributed by atoms with Crippen LogP contribution in [-0.4, -0.2) is 33.7 Å². The largest absolute Gasteiger partial charge is 0.490 e. The van der Waals surface area contributed by atoms with E-state index in [2.05, 4.69) is 4.72 Å². The Kier molecular flexibility index (Phi) is 4.61. The van der Waals surface area contributed by atoms with Gasteiger partial charge in [0.1, 0.15) is 12.4 Å². The van der Waals surface area contributed by atoms with E-state index in [1.165, 1.54) is 4.90 Å². The molecule has 2 rings (SSSR count). The van der Waals surface area contributed by atoms with Gasteiger partial charge in [0.05, 0.1) is 22.5 Å². The second kappa shape index (κ2) is 6.03. The number of nitrogens with one attached hydrogen (secondary N) is 1. The third kappa shape index (κ3) is 3.96. The Balaban J connectivity index is 2.33. The standard InChI is InChI=1S/C16H24N2O4S/c1-11(2)9-23(20,21)17-12-6-7-14-13(8-12)18(5)15(19)16(3,4)10-22-14/h6-8,11,17H,9-10H2,1-5H3. The Labute approximate surface area is 137 Å². The summed E-state index contributed by atoms with van der Waals surface area (Å²) in [5, 5.41) is 0. The van der Waals surface area contributed by atoms with Crippen molar-refractivity contribution in [3.8, 4) is 5.75 Å². The van der Waals surface area contributed by atoms with Gasteiger partial charge in [-0.1, -0.05) is 13.8 Å². The van der Waals surface area contributed by atoms with E-state index in [9.17, 15) is 13.2 Å². The number of hydrogen-bond donors (Lipinski definition) is 1. The van der Waals surface area contributed by atoms with Gasteiger partial charge in [-0.15, -0.1) is 0 Å². The number of carbonyl (C=O) groups excluding carboxylic acids is 1. The van der Waals surface area contributed by atoms with Gasteiger partial charge in [-0.25, -0.2) is 8.42 Å². The molecule has 1 aliphatic heterocycles. The molecule has 0 unspecified atom stereocenters. The number of benzene rings is 1. The van der Waals surface area contributed by atoms with Crippen molar-refractivity contribution < 1.29 is 17.9 Å². The number of amides is 1. The van der Waals surface area contributed by atoms with Crippen molar-refractivity contribution in [3.05, 3.63) is 18.2 Å². The number of hydrogen-bond acceptors (Lipinski definition) is 4. The van der Waals surface area contributed by atoms with Crippen LogP contribution < -0.4 is 14.4 Å². The minimum atomic E-state index is -3.42. The summed E-state index contributed by atoms with van der Waals surface area (Å²) in [6.45, 7) is 7.62. The van der Waals surface area contributed by atoms with Gasteiger partial charge in [0.2, 0.25) is 15.9 Å². The quantitative estimate of drug-likeness (QED) is 0.913. The highest BCUT2D eigenvalue weighted by atomic mass is 32.2. The van der Waals surface area contributed by atoms with Crippen LogP contribution in [0.15, 0.2) is 18.2 Å². The normalized spacial score (nSPS) is 17.5. The van der Waals surface area contributed by atoms with Crippen LogP contribution >= 0.6 is 0 Å². The van der Waals surface area contributed by atoms with Crippen LogP contribution in [0.25, 0.3) is 0 Å². The second-order valence-electron chi connectivity index (χ2n) is 7.00. The van der Waals surface area contributed by atoms with Crippen LogP contribution in [0.3, 0.4) is 0 Å². The van der Waals surface area contributed by atoms with Gasteiger partial charge >= 0.3 is 0 Å². The Hall–Kier alpha value is -1.76. The molecular formula is C16H24N2O4S. The van der Waals surface area contributed by atoms with E-state index < -0.39 is 15.4 Å². The lowest BCUT2D eigenvalue weighted by Crippen LogP contribution is -2.39. The maximum absolute atomic E-state index is 12.5. The molecule has 0 saturated heterocycles. The molecule has 1 N–H and O–H groups in total. The van der Waals surface area contributed by atoms with E-state index in [4.69, 9.17) is 4.74 Å². The van der Waals surface area contributed by atoms with Crippen molar-refractivity contribution in [2.45, 2.75) is 27.7 Å². The average Bonchev–Trinajstić information content (AvgIpc) is 2.49. The highest BCUT2D eigenvalue weighted by Crippen LogP contribution is 2.37. The third-order valence-corrected chi connectivity index (χ3v) is 5.27. The Morgan fingerprint density at radius 2 is 2.00 bits per heavy atom. The first-order valence-corrected chi connectivity index (χ1v) is 9.22. The summed E-state index contributed by atoms with van der Waals surface area (Å²) in [6, 6.07) is 4.97. The maximum atomic E-state index is 12.5. The number of sulfonamides is 1.